The van der Waals surface area contributed by atoms with Crippen LogP contribution in [0.2, 0.25) is 0 Å². The number of ether oxygens (including phenoxy) is 2. The first kappa shape index (κ1) is 27.6. The van der Waals surface area contributed by atoms with E-state index in [9.17, 15) is 9.28 Å². The Labute approximate surface area is 221 Å². The molecule has 5 rings (SSSR count). The molecule has 7 heteroatoms. The van der Waals surface area contributed by atoms with E-state index in [1.54, 1.807) is 20.4 Å². The predicted octanol–water partition coefficient (Wildman–Crippen LogP) is 7.32. The highest BCUT2D eigenvalue weighted by Crippen LogP contribution is 2.42. The average Bonchev–Trinajstić information content (AvgIpc) is 3.76. The van der Waals surface area contributed by atoms with Crippen LogP contribution in [0.4, 0.5) is 4.39 Å². The van der Waals surface area contributed by atoms with Crippen molar-refractivity contribution in [2.24, 2.45) is 13.0 Å². The smallest absolute Gasteiger partial charge is 0.240 e. The summed E-state index contributed by atoms with van der Waals surface area (Å²) in [7, 11) is 2.53. The van der Waals surface area contributed by atoms with Crippen molar-refractivity contribution in [2.75, 3.05) is 26.5 Å². The fourth-order valence-electron chi connectivity index (χ4n) is 4.83. The Balaban J connectivity index is 0.000000994. The second kappa shape index (κ2) is 13.4. The second-order valence-corrected chi connectivity index (χ2v) is 12.1. The van der Waals surface area contributed by atoms with Gasteiger partial charge in [-0.1, -0.05) is 37.5 Å². The molecule has 2 aromatic carbocycles. The van der Waals surface area contributed by atoms with Gasteiger partial charge in [0.15, 0.2) is 0 Å². The molecule has 5 nitrogen and oxygen atoms in total. The van der Waals surface area contributed by atoms with Gasteiger partial charge in [0.2, 0.25) is 5.95 Å². The molecule has 1 N–H and O–H groups in total. The summed E-state index contributed by atoms with van der Waals surface area (Å²) < 4.78 is 27.6. The number of hydrogen-bond donors (Lipinski definition) is 1. The Morgan fingerprint density at radius 3 is 2.41 bits per heavy atom. The van der Waals surface area contributed by atoms with Crippen LogP contribution in [0.3, 0.4) is 0 Å². The number of aromatic nitrogens is 2. The van der Waals surface area contributed by atoms with E-state index in [4.69, 9.17) is 9.47 Å². The molecule has 0 bridgehead atoms. The summed E-state index contributed by atoms with van der Waals surface area (Å²) in [6.07, 6.45) is 12.2. The van der Waals surface area contributed by atoms with Crippen molar-refractivity contribution >= 4 is 8.15 Å². The molecule has 0 spiro atoms. The molecule has 1 unspecified atom stereocenters. The first-order valence-corrected chi connectivity index (χ1v) is 15.3. The van der Waals surface area contributed by atoms with Crippen molar-refractivity contribution in [1.29, 1.82) is 0 Å². The minimum absolute atomic E-state index is 0.353. The van der Waals surface area contributed by atoms with Gasteiger partial charge in [-0.2, -0.15) is 4.39 Å². The van der Waals surface area contributed by atoms with Gasteiger partial charge in [0.1, 0.15) is 11.5 Å². The van der Waals surface area contributed by atoms with E-state index >= 15 is 0 Å². The molecule has 0 aliphatic heterocycles. The Morgan fingerprint density at radius 2 is 1.78 bits per heavy atom. The van der Waals surface area contributed by atoms with Gasteiger partial charge in [0, 0.05) is 21.4 Å². The molecule has 200 valence electrons. The number of nitrogens with zero attached hydrogens (tertiary/aromatic N) is 2. The van der Waals surface area contributed by atoms with E-state index in [0.717, 1.165) is 60.9 Å². The molecular weight excluding hydrogens is 486 g/mol. The standard InChI is InChI=1S/C27H34FN2O3P.C3H6/c1-30-17-26(27(28)29-30)24-12-11-22(32-2)16-25(24)21-9-7-20(8-10-21)18-33-23-6-4-5-19(15-23)13-14-34(3)31;1-2-3-1/h4-6,11-12,15-17,20-21,31H,7-10,13-14,18H2,1-3H3;1-3H2. The topological polar surface area (TPSA) is 56.5 Å². The van der Waals surface area contributed by atoms with Crippen molar-refractivity contribution < 1.29 is 18.8 Å². The van der Waals surface area contributed by atoms with E-state index in [2.05, 4.69) is 23.3 Å². The molecule has 2 aliphatic carbocycles. The van der Waals surface area contributed by atoms with Gasteiger partial charge in [-0.3, -0.25) is 4.68 Å². The van der Waals surface area contributed by atoms with Crippen LogP contribution in [-0.4, -0.2) is 41.2 Å². The Bertz CT molecular complexity index is 1140. The predicted molar refractivity (Wildman–Crippen MR) is 149 cm³/mol. The highest BCUT2D eigenvalue weighted by molar-refractivity contribution is 7.50. The third kappa shape index (κ3) is 8.28. The van der Waals surface area contributed by atoms with Gasteiger partial charge >= 0.3 is 0 Å². The summed E-state index contributed by atoms with van der Waals surface area (Å²) in [5.74, 6) is 2.12. The third-order valence-corrected chi connectivity index (χ3v) is 7.95. The fourth-order valence-corrected chi connectivity index (χ4v) is 5.41. The fraction of sp³-hybridized carbons (Fsp3) is 0.500. The van der Waals surface area contributed by atoms with Crippen molar-refractivity contribution in [2.45, 2.75) is 57.3 Å². The maximum atomic E-state index is 14.5. The Kier molecular flexibility index (Phi) is 9.99. The monoisotopic (exact) mass is 526 g/mol. The largest absolute Gasteiger partial charge is 0.497 e. The highest BCUT2D eigenvalue weighted by atomic mass is 31.1. The van der Waals surface area contributed by atoms with Crippen molar-refractivity contribution in [3.8, 4) is 22.6 Å². The summed E-state index contributed by atoms with van der Waals surface area (Å²) >= 11 is 0. The van der Waals surface area contributed by atoms with Gasteiger partial charge in [-0.15, -0.1) is 5.10 Å². The minimum Gasteiger partial charge on any atom is -0.497 e. The number of benzene rings is 2. The quantitative estimate of drug-likeness (QED) is 0.297. The number of aryl methyl sites for hydroxylation is 2. The molecule has 2 aliphatic rings. The first-order chi connectivity index (χ1) is 17.9. The van der Waals surface area contributed by atoms with Gasteiger partial charge in [-0.05, 0) is 97.7 Å². The normalized spacial score (nSPS) is 19.5. The summed E-state index contributed by atoms with van der Waals surface area (Å²) in [6.45, 7) is 2.59. The van der Waals surface area contributed by atoms with Gasteiger partial charge in [0.05, 0.1) is 19.3 Å². The third-order valence-electron chi connectivity index (χ3n) is 7.08. The molecule has 1 atom stereocenters. The molecule has 3 aromatic rings. The lowest BCUT2D eigenvalue weighted by atomic mass is 9.77. The minimum atomic E-state index is -0.871. The van der Waals surface area contributed by atoms with Crippen LogP contribution in [0.5, 0.6) is 11.5 Å². The molecule has 0 amide bonds. The van der Waals surface area contributed by atoms with Crippen LogP contribution >= 0.6 is 8.15 Å². The van der Waals surface area contributed by atoms with Crippen molar-refractivity contribution in [3.05, 3.63) is 65.7 Å². The molecule has 2 saturated carbocycles. The zero-order valence-electron chi connectivity index (χ0n) is 22.3. The summed E-state index contributed by atoms with van der Waals surface area (Å²) in [5, 5.41) is 3.90. The molecule has 1 aromatic heterocycles. The van der Waals surface area contributed by atoms with Crippen LogP contribution < -0.4 is 9.47 Å². The molecule has 2 fully saturated rings. The lowest BCUT2D eigenvalue weighted by Gasteiger charge is -2.30. The van der Waals surface area contributed by atoms with Crippen LogP contribution in [0.15, 0.2) is 48.7 Å². The van der Waals surface area contributed by atoms with Crippen LogP contribution in [0.25, 0.3) is 11.1 Å². The van der Waals surface area contributed by atoms with Crippen LogP contribution in [0, 0.1) is 11.9 Å². The number of hydrogen-bond acceptors (Lipinski definition) is 4. The van der Waals surface area contributed by atoms with Crippen molar-refractivity contribution in [1.82, 2.24) is 9.78 Å². The van der Waals surface area contributed by atoms with Gasteiger partial charge < -0.3 is 14.4 Å². The lowest BCUT2D eigenvalue weighted by molar-refractivity contribution is 0.200. The Hall–Kier alpha value is -2.43. The second-order valence-electron chi connectivity index (χ2n) is 10.3. The summed E-state index contributed by atoms with van der Waals surface area (Å²) in [4.78, 5) is 9.59. The maximum Gasteiger partial charge on any atom is 0.240 e. The van der Waals surface area contributed by atoms with E-state index in [1.165, 1.54) is 29.5 Å². The molecule has 1 heterocycles. The summed E-state index contributed by atoms with van der Waals surface area (Å²) in [6, 6.07) is 14.1. The zero-order valence-corrected chi connectivity index (χ0v) is 23.2. The van der Waals surface area contributed by atoms with E-state index in [1.807, 2.05) is 30.9 Å². The average molecular weight is 527 g/mol. The zero-order chi connectivity index (χ0) is 26.2. The molecule has 0 saturated heterocycles. The van der Waals surface area contributed by atoms with E-state index < -0.39 is 14.1 Å². The first-order valence-electron chi connectivity index (χ1n) is 13.4. The Morgan fingerprint density at radius 1 is 1.03 bits per heavy atom. The van der Waals surface area contributed by atoms with Gasteiger partial charge in [-0.25, -0.2) is 0 Å². The molecule has 0 radical (unpaired) electrons. The van der Waals surface area contributed by atoms with E-state index in [0.29, 0.717) is 24.0 Å². The molecule has 37 heavy (non-hydrogen) atoms. The SMILES string of the molecule is C1CC1.COc1ccc(-c2cn(C)nc2F)c(C2CCC(COc3cccc(CCP(C)O)c3)CC2)c1. The van der Waals surface area contributed by atoms with Crippen molar-refractivity contribution in [3.63, 3.8) is 0 Å². The lowest BCUT2D eigenvalue weighted by Crippen LogP contribution is -2.19. The van der Waals surface area contributed by atoms with E-state index in [-0.39, 0.29) is 0 Å². The number of rotatable bonds is 9. The number of methoxy groups -OCH3 is 1. The highest BCUT2D eigenvalue weighted by Gasteiger charge is 2.26. The van der Waals surface area contributed by atoms with Gasteiger partial charge in [0.25, 0.3) is 0 Å². The van der Waals surface area contributed by atoms with Crippen LogP contribution in [0.1, 0.15) is 62.0 Å². The maximum absolute atomic E-state index is 14.5. The van der Waals surface area contributed by atoms with Crippen LogP contribution in [-0.2, 0) is 13.5 Å². The number of halogens is 1. The molecular formula is C30H40FN2O3P. The summed E-state index contributed by atoms with van der Waals surface area (Å²) in [5.41, 5.74) is 3.79.